The number of rotatable bonds is 2. The smallest absolute Gasteiger partial charge is 0.299 e. The molecule has 1 aliphatic rings. The van der Waals surface area contributed by atoms with E-state index < -0.39 is 24.7 Å². The molecule has 5 heteroatoms. The zero-order chi connectivity index (χ0) is 12.7. The van der Waals surface area contributed by atoms with Gasteiger partial charge in [0.15, 0.2) is 0 Å². The minimum atomic E-state index is -2.65. The van der Waals surface area contributed by atoms with E-state index in [4.69, 9.17) is 0 Å². The number of nitrogens with zero attached hydrogens (tertiary/aromatic N) is 1. The molecule has 0 radical (unpaired) electrons. The summed E-state index contributed by atoms with van der Waals surface area (Å²) in [6.07, 6.45) is -2.65. The van der Waals surface area contributed by atoms with Gasteiger partial charge < -0.3 is 0 Å². The third-order valence-electron chi connectivity index (χ3n) is 2.84. The second-order valence-electron chi connectivity index (χ2n) is 4.06. The maximum atomic E-state index is 12.4. The third-order valence-corrected chi connectivity index (χ3v) is 2.84. The van der Waals surface area contributed by atoms with Crippen LogP contribution in [0.4, 0.5) is 14.5 Å². The molecular formula is C12H11F2NO2. The first-order valence-electron chi connectivity index (χ1n) is 5.18. The normalized spacial score (nSPS) is 14.8. The Morgan fingerprint density at radius 2 is 1.76 bits per heavy atom. The van der Waals surface area contributed by atoms with Crippen LogP contribution in [-0.2, 0) is 4.79 Å². The Kier molecular flexibility index (Phi) is 2.69. The Balaban J connectivity index is 2.59. The lowest BCUT2D eigenvalue weighted by Gasteiger charge is -2.18. The van der Waals surface area contributed by atoms with Crippen molar-refractivity contribution in [1.29, 1.82) is 0 Å². The standard InChI is InChI=1S/C12H11F2NO2/c1-6-3-4-7(2)10-9(6)11(16)12(17)15(10)5-8(13)14/h3-4,8H,5H2,1-2H3. The topological polar surface area (TPSA) is 37.4 Å². The van der Waals surface area contributed by atoms with E-state index in [1.54, 1.807) is 26.0 Å². The largest absolute Gasteiger partial charge is 0.299 e. The number of ketones is 1. The zero-order valence-electron chi connectivity index (χ0n) is 9.46. The van der Waals surface area contributed by atoms with Crippen LogP contribution >= 0.6 is 0 Å². The van der Waals surface area contributed by atoms with Gasteiger partial charge in [-0.1, -0.05) is 12.1 Å². The molecule has 3 nitrogen and oxygen atoms in total. The van der Waals surface area contributed by atoms with Crippen molar-refractivity contribution >= 4 is 17.4 Å². The van der Waals surface area contributed by atoms with Gasteiger partial charge >= 0.3 is 0 Å². The van der Waals surface area contributed by atoms with Crippen molar-refractivity contribution in [2.45, 2.75) is 20.3 Å². The lowest BCUT2D eigenvalue weighted by Crippen LogP contribution is -2.34. The van der Waals surface area contributed by atoms with Gasteiger partial charge in [-0.3, -0.25) is 14.5 Å². The number of carbonyl (C=O) groups is 2. The van der Waals surface area contributed by atoms with Crippen molar-refractivity contribution in [3.05, 3.63) is 28.8 Å². The number of hydrogen-bond acceptors (Lipinski definition) is 2. The second kappa shape index (κ2) is 3.91. The molecule has 0 saturated heterocycles. The highest BCUT2D eigenvalue weighted by atomic mass is 19.3. The Morgan fingerprint density at radius 1 is 1.18 bits per heavy atom. The van der Waals surface area contributed by atoms with E-state index in [2.05, 4.69) is 0 Å². The van der Waals surface area contributed by atoms with Crippen LogP contribution in [0.5, 0.6) is 0 Å². The number of carbonyl (C=O) groups excluding carboxylic acids is 2. The van der Waals surface area contributed by atoms with Crippen molar-refractivity contribution in [3.63, 3.8) is 0 Å². The fraction of sp³-hybridized carbons (Fsp3) is 0.333. The molecule has 90 valence electrons. The summed E-state index contributed by atoms with van der Waals surface area (Å²) in [7, 11) is 0. The Bertz CT molecular complexity index is 511. The number of anilines is 1. The van der Waals surface area contributed by atoms with Crippen molar-refractivity contribution in [2.24, 2.45) is 0 Å². The average molecular weight is 239 g/mol. The van der Waals surface area contributed by atoms with Crippen LogP contribution in [0, 0.1) is 13.8 Å². The molecule has 0 N–H and O–H groups in total. The Hall–Kier alpha value is -1.78. The zero-order valence-corrected chi connectivity index (χ0v) is 9.46. The second-order valence-corrected chi connectivity index (χ2v) is 4.06. The van der Waals surface area contributed by atoms with Crippen molar-refractivity contribution < 1.29 is 18.4 Å². The van der Waals surface area contributed by atoms with Gasteiger partial charge in [-0.25, -0.2) is 8.78 Å². The minimum absolute atomic E-state index is 0.260. The summed E-state index contributed by atoms with van der Waals surface area (Å²) < 4.78 is 24.8. The average Bonchev–Trinajstić information content (AvgIpc) is 2.49. The molecule has 0 spiro atoms. The number of hydrogen-bond donors (Lipinski definition) is 0. The highest BCUT2D eigenvalue weighted by Crippen LogP contribution is 2.34. The van der Waals surface area contributed by atoms with E-state index in [1.165, 1.54) is 0 Å². The van der Waals surface area contributed by atoms with E-state index in [0.29, 0.717) is 16.8 Å². The fourth-order valence-electron chi connectivity index (χ4n) is 2.07. The Morgan fingerprint density at radius 3 is 2.35 bits per heavy atom. The van der Waals surface area contributed by atoms with E-state index in [0.717, 1.165) is 4.90 Å². The van der Waals surface area contributed by atoms with Gasteiger partial charge in [-0.2, -0.15) is 0 Å². The summed E-state index contributed by atoms with van der Waals surface area (Å²) in [5.74, 6) is -1.56. The van der Waals surface area contributed by atoms with Crippen molar-refractivity contribution in [1.82, 2.24) is 0 Å². The molecule has 17 heavy (non-hydrogen) atoms. The van der Waals surface area contributed by atoms with Gasteiger partial charge in [0.05, 0.1) is 17.8 Å². The van der Waals surface area contributed by atoms with Crippen LogP contribution in [0.1, 0.15) is 21.5 Å². The molecule has 2 rings (SSSR count). The van der Waals surface area contributed by atoms with Gasteiger partial charge in [0.2, 0.25) is 0 Å². The maximum absolute atomic E-state index is 12.4. The van der Waals surface area contributed by atoms with Gasteiger partial charge in [0.25, 0.3) is 18.1 Å². The number of amides is 1. The maximum Gasteiger partial charge on any atom is 0.299 e. The molecule has 0 fully saturated rings. The van der Waals surface area contributed by atoms with Crippen molar-refractivity contribution in [2.75, 3.05) is 11.4 Å². The molecule has 0 aromatic heterocycles. The molecule has 0 unspecified atom stereocenters. The van der Waals surface area contributed by atoms with Gasteiger partial charge in [0, 0.05) is 0 Å². The number of aryl methyl sites for hydroxylation is 2. The molecule has 1 aliphatic heterocycles. The minimum Gasteiger partial charge on any atom is -0.299 e. The molecule has 0 aliphatic carbocycles. The van der Waals surface area contributed by atoms with E-state index in [1.807, 2.05) is 0 Å². The van der Waals surface area contributed by atoms with E-state index >= 15 is 0 Å². The number of halogens is 2. The van der Waals surface area contributed by atoms with Gasteiger partial charge in [-0.15, -0.1) is 0 Å². The van der Waals surface area contributed by atoms with E-state index in [-0.39, 0.29) is 5.56 Å². The summed E-state index contributed by atoms with van der Waals surface area (Å²) in [4.78, 5) is 24.3. The summed E-state index contributed by atoms with van der Waals surface area (Å²) in [6, 6.07) is 3.43. The highest BCUT2D eigenvalue weighted by Gasteiger charge is 2.39. The number of Topliss-reactive ketones (excluding diaryl/α,β-unsaturated/α-hetero) is 1. The molecule has 0 atom stereocenters. The quantitative estimate of drug-likeness (QED) is 0.741. The SMILES string of the molecule is Cc1ccc(C)c2c1C(=O)C(=O)N2CC(F)F. The van der Waals surface area contributed by atoms with Gasteiger partial charge in [0.1, 0.15) is 0 Å². The molecule has 1 aromatic carbocycles. The first-order valence-corrected chi connectivity index (χ1v) is 5.18. The van der Waals surface area contributed by atoms with Crippen LogP contribution in [-0.4, -0.2) is 24.7 Å². The summed E-state index contributed by atoms with van der Waals surface area (Å²) in [6.45, 7) is 2.65. The molecular weight excluding hydrogens is 228 g/mol. The summed E-state index contributed by atoms with van der Waals surface area (Å²) in [5, 5.41) is 0. The summed E-state index contributed by atoms with van der Waals surface area (Å²) >= 11 is 0. The number of benzene rings is 1. The Labute approximate surface area is 97.0 Å². The van der Waals surface area contributed by atoms with Gasteiger partial charge in [-0.05, 0) is 25.0 Å². The van der Waals surface area contributed by atoms with Crippen LogP contribution in [0.25, 0.3) is 0 Å². The highest BCUT2D eigenvalue weighted by molar-refractivity contribution is 6.52. The first kappa shape index (κ1) is 11.7. The molecule has 1 aromatic rings. The van der Waals surface area contributed by atoms with Crippen LogP contribution in [0.2, 0.25) is 0 Å². The lowest BCUT2D eigenvalue weighted by molar-refractivity contribution is -0.114. The predicted octanol–water partition coefficient (Wildman–Crippen LogP) is 2.10. The molecule has 0 bridgehead atoms. The third kappa shape index (κ3) is 1.71. The fourth-order valence-corrected chi connectivity index (χ4v) is 2.07. The van der Waals surface area contributed by atoms with E-state index in [9.17, 15) is 18.4 Å². The molecule has 0 saturated carbocycles. The lowest BCUT2D eigenvalue weighted by atomic mass is 10.0. The summed E-state index contributed by atoms with van der Waals surface area (Å²) in [5.41, 5.74) is 1.89. The monoisotopic (exact) mass is 239 g/mol. The van der Waals surface area contributed by atoms with Crippen LogP contribution in [0.3, 0.4) is 0 Å². The number of alkyl halides is 2. The number of fused-ring (bicyclic) bond motifs is 1. The van der Waals surface area contributed by atoms with Crippen molar-refractivity contribution in [3.8, 4) is 0 Å². The van der Waals surface area contributed by atoms with Crippen LogP contribution < -0.4 is 4.90 Å². The van der Waals surface area contributed by atoms with Crippen LogP contribution in [0.15, 0.2) is 12.1 Å². The molecule has 1 amide bonds. The first-order chi connectivity index (χ1) is 7.93. The molecule has 1 heterocycles. The predicted molar refractivity (Wildman–Crippen MR) is 58.6 cm³/mol.